The van der Waals surface area contributed by atoms with Crippen molar-refractivity contribution in [3.05, 3.63) is 27.2 Å². The van der Waals surface area contributed by atoms with Gasteiger partial charge < -0.3 is 10.1 Å². The highest BCUT2D eigenvalue weighted by Gasteiger charge is 2.26. The van der Waals surface area contributed by atoms with Crippen molar-refractivity contribution in [3.63, 3.8) is 0 Å². The summed E-state index contributed by atoms with van der Waals surface area (Å²) in [5.41, 5.74) is 0.821. The van der Waals surface area contributed by atoms with Gasteiger partial charge in [0.05, 0.1) is 11.6 Å². The number of hydrogen-bond donors (Lipinski definition) is 1. The molecular weight excluding hydrogens is 346 g/mol. The maximum atomic E-state index is 12.0. The predicted octanol–water partition coefficient (Wildman–Crippen LogP) is 4.33. The highest BCUT2D eigenvalue weighted by Crippen LogP contribution is 2.32. The maximum Gasteiger partial charge on any atom is 0.401 e. The van der Waals surface area contributed by atoms with Gasteiger partial charge in [0.15, 0.2) is 0 Å². The summed E-state index contributed by atoms with van der Waals surface area (Å²) in [5, 5.41) is 2.72. The normalized spacial score (nSPS) is 13.4. The van der Waals surface area contributed by atoms with Gasteiger partial charge in [0.1, 0.15) is 11.9 Å². The van der Waals surface area contributed by atoms with Gasteiger partial charge in [-0.05, 0) is 31.5 Å². The summed E-state index contributed by atoms with van der Waals surface area (Å²) in [6.07, 6.45) is -4.63. The Balaban J connectivity index is 2.55. The van der Waals surface area contributed by atoms with Gasteiger partial charge in [-0.2, -0.15) is 13.2 Å². The highest BCUT2D eigenvalue weighted by molar-refractivity contribution is 9.10. The Morgan fingerprint density at radius 3 is 2.58 bits per heavy atom. The van der Waals surface area contributed by atoms with E-state index in [0.717, 1.165) is 10.0 Å². The van der Waals surface area contributed by atoms with Crippen LogP contribution in [0.3, 0.4) is 0 Å². The van der Waals surface area contributed by atoms with E-state index in [1.807, 2.05) is 13.0 Å². The first-order chi connectivity index (χ1) is 8.69. The van der Waals surface area contributed by atoms with Crippen LogP contribution in [0.4, 0.5) is 13.2 Å². The minimum atomic E-state index is -4.22. The van der Waals surface area contributed by atoms with E-state index in [-0.39, 0.29) is 6.54 Å². The largest absolute Gasteiger partial charge is 0.488 e. The van der Waals surface area contributed by atoms with E-state index in [0.29, 0.717) is 10.8 Å². The van der Waals surface area contributed by atoms with Crippen molar-refractivity contribution >= 4 is 27.5 Å². The second-order valence-corrected chi connectivity index (χ2v) is 5.53. The Labute approximate surface area is 123 Å². The fourth-order valence-electron chi connectivity index (χ4n) is 1.50. The van der Waals surface area contributed by atoms with Crippen molar-refractivity contribution < 1.29 is 17.9 Å². The van der Waals surface area contributed by atoms with Gasteiger partial charge in [-0.1, -0.05) is 27.5 Å². The van der Waals surface area contributed by atoms with Crippen LogP contribution in [-0.2, 0) is 0 Å². The van der Waals surface area contributed by atoms with Crippen LogP contribution in [0, 0.1) is 6.92 Å². The zero-order chi connectivity index (χ0) is 14.6. The molecule has 0 aliphatic heterocycles. The van der Waals surface area contributed by atoms with Crippen LogP contribution >= 0.6 is 27.5 Å². The lowest BCUT2D eigenvalue weighted by atomic mass is 10.2. The summed E-state index contributed by atoms with van der Waals surface area (Å²) in [6.45, 7) is 2.56. The standard InChI is InChI=1S/C12H14BrClF3NO/c1-7-3-9(13)4-10(14)11(7)19-8(2)5-18-6-12(15,16)17/h3-4,8,18H,5-6H2,1-2H3. The molecule has 0 saturated heterocycles. The van der Waals surface area contributed by atoms with Gasteiger partial charge in [0, 0.05) is 11.0 Å². The minimum absolute atomic E-state index is 0.0886. The SMILES string of the molecule is Cc1cc(Br)cc(Cl)c1OC(C)CNCC(F)(F)F. The maximum absolute atomic E-state index is 12.0. The van der Waals surface area contributed by atoms with E-state index in [1.165, 1.54) is 0 Å². The number of hydrogen-bond acceptors (Lipinski definition) is 2. The lowest BCUT2D eigenvalue weighted by Crippen LogP contribution is -2.35. The number of ether oxygens (including phenoxy) is 1. The molecule has 1 rings (SSSR count). The molecule has 0 fully saturated rings. The van der Waals surface area contributed by atoms with Crippen LogP contribution in [0.2, 0.25) is 5.02 Å². The molecule has 0 aromatic heterocycles. The molecule has 1 aromatic carbocycles. The molecule has 0 radical (unpaired) electrons. The fourth-order valence-corrected chi connectivity index (χ4v) is 2.51. The smallest absolute Gasteiger partial charge is 0.401 e. The Morgan fingerprint density at radius 1 is 1.42 bits per heavy atom. The summed E-state index contributed by atoms with van der Waals surface area (Å²) >= 11 is 9.33. The van der Waals surface area contributed by atoms with Crippen LogP contribution in [0.5, 0.6) is 5.75 Å². The van der Waals surface area contributed by atoms with Gasteiger partial charge in [-0.3, -0.25) is 0 Å². The molecule has 0 spiro atoms. The Hall–Kier alpha value is -0.460. The molecule has 1 aromatic rings. The van der Waals surface area contributed by atoms with Gasteiger partial charge in [0.25, 0.3) is 0 Å². The number of nitrogens with one attached hydrogen (secondary N) is 1. The summed E-state index contributed by atoms with van der Waals surface area (Å²) in [5.74, 6) is 0.492. The third-order valence-corrected chi connectivity index (χ3v) is 3.01. The van der Waals surface area contributed by atoms with E-state index in [4.69, 9.17) is 16.3 Å². The van der Waals surface area contributed by atoms with Crippen LogP contribution in [-0.4, -0.2) is 25.4 Å². The quantitative estimate of drug-likeness (QED) is 0.844. The fraction of sp³-hybridized carbons (Fsp3) is 0.500. The van der Waals surface area contributed by atoms with Gasteiger partial charge >= 0.3 is 6.18 Å². The van der Waals surface area contributed by atoms with Crippen molar-refractivity contribution in [2.45, 2.75) is 26.1 Å². The molecule has 0 aliphatic carbocycles. The topological polar surface area (TPSA) is 21.3 Å². The molecule has 0 bridgehead atoms. The molecule has 0 aliphatic rings. The Bertz CT molecular complexity index is 416. The molecule has 7 heteroatoms. The van der Waals surface area contributed by atoms with Gasteiger partial charge in [0.2, 0.25) is 0 Å². The molecule has 108 valence electrons. The molecule has 0 saturated carbocycles. The molecule has 0 heterocycles. The number of rotatable bonds is 5. The molecular formula is C12H14BrClF3NO. The third-order valence-electron chi connectivity index (χ3n) is 2.27. The summed E-state index contributed by atoms with van der Waals surface area (Å²) in [7, 11) is 0. The van der Waals surface area contributed by atoms with Crippen LogP contribution in [0.15, 0.2) is 16.6 Å². The molecule has 2 nitrogen and oxygen atoms in total. The van der Waals surface area contributed by atoms with Gasteiger partial charge in [-0.15, -0.1) is 0 Å². The predicted molar refractivity (Wildman–Crippen MR) is 72.9 cm³/mol. The van der Waals surface area contributed by atoms with E-state index in [2.05, 4.69) is 21.2 Å². The number of benzene rings is 1. The molecule has 1 unspecified atom stereocenters. The first kappa shape index (κ1) is 16.6. The monoisotopic (exact) mass is 359 g/mol. The third kappa shape index (κ3) is 6.01. The zero-order valence-electron chi connectivity index (χ0n) is 10.4. The van der Waals surface area contributed by atoms with Crippen molar-refractivity contribution in [1.82, 2.24) is 5.32 Å². The van der Waals surface area contributed by atoms with Crippen LogP contribution in [0.25, 0.3) is 0 Å². The zero-order valence-corrected chi connectivity index (χ0v) is 12.8. The minimum Gasteiger partial charge on any atom is -0.488 e. The molecule has 1 N–H and O–H groups in total. The molecule has 19 heavy (non-hydrogen) atoms. The van der Waals surface area contributed by atoms with Crippen LogP contribution < -0.4 is 10.1 Å². The van der Waals surface area contributed by atoms with E-state index in [1.54, 1.807) is 13.0 Å². The van der Waals surface area contributed by atoms with Crippen LogP contribution in [0.1, 0.15) is 12.5 Å². The summed E-state index contributed by atoms with van der Waals surface area (Å²) < 4.78 is 42.3. The summed E-state index contributed by atoms with van der Waals surface area (Å²) in [6, 6.07) is 3.51. The lowest BCUT2D eigenvalue weighted by Gasteiger charge is -2.18. The van der Waals surface area contributed by atoms with Crippen molar-refractivity contribution in [3.8, 4) is 5.75 Å². The Kier molecular flexibility index (Phi) is 5.95. The second kappa shape index (κ2) is 6.81. The van der Waals surface area contributed by atoms with E-state index >= 15 is 0 Å². The van der Waals surface area contributed by atoms with Crippen molar-refractivity contribution in [2.24, 2.45) is 0 Å². The highest BCUT2D eigenvalue weighted by atomic mass is 79.9. The summed E-state index contributed by atoms with van der Waals surface area (Å²) in [4.78, 5) is 0. The molecule has 1 atom stereocenters. The molecule has 0 amide bonds. The van der Waals surface area contributed by atoms with Gasteiger partial charge in [-0.25, -0.2) is 0 Å². The number of alkyl halides is 3. The van der Waals surface area contributed by atoms with Crippen molar-refractivity contribution in [2.75, 3.05) is 13.1 Å². The Morgan fingerprint density at radius 2 is 2.05 bits per heavy atom. The van der Waals surface area contributed by atoms with Crippen molar-refractivity contribution in [1.29, 1.82) is 0 Å². The first-order valence-electron chi connectivity index (χ1n) is 5.59. The average Bonchev–Trinajstić information content (AvgIpc) is 2.21. The first-order valence-corrected chi connectivity index (χ1v) is 6.76. The average molecular weight is 361 g/mol. The second-order valence-electron chi connectivity index (χ2n) is 4.21. The lowest BCUT2D eigenvalue weighted by molar-refractivity contribution is -0.125. The number of halogens is 5. The number of aryl methyl sites for hydroxylation is 1. The van der Waals surface area contributed by atoms with E-state index in [9.17, 15) is 13.2 Å². The van der Waals surface area contributed by atoms with E-state index < -0.39 is 18.8 Å².